The van der Waals surface area contributed by atoms with Crippen LogP contribution in [0, 0.1) is 5.82 Å². The molecule has 1 amide bonds. The number of anilines is 1. The van der Waals surface area contributed by atoms with E-state index in [0.717, 1.165) is 13.1 Å². The van der Waals surface area contributed by atoms with Gasteiger partial charge in [0.2, 0.25) is 0 Å². The molecule has 0 unspecified atom stereocenters. The Labute approximate surface area is 177 Å². The standard InChI is InChI=1S/C20H20Cl2FN3OS/c1-3-25(4-2)10-11-26(19(27)14-12-13(21)8-9-15(14)22)20-24-18-16(23)6-5-7-17(18)28-20/h5-9,12H,3-4,10-11H2,1-2H3. The Hall–Kier alpha value is -1.73. The van der Waals surface area contributed by atoms with Crippen molar-refractivity contribution in [2.45, 2.75) is 13.8 Å². The van der Waals surface area contributed by atoms with Crippen LogP contribution in [-0.2, 0) is 0 Å². The maximum absolute atomic E-state index is 14.1. The van der Waals surface area contributed by atoms with Crippen LogP contribution in [0.25, 0.3) is 10.2 Å². The molecule has 0 radical (unpaired) electrons. The van der Waals surface area contributed by atoms with E-state index in [-0.39, 0.29) is 11.4 Å². The number of para-hydroxylation sites is 1. The first-order chi connectivity index (χ1) is 13.4. The zero-order valence-electron chi connectivity index (χ0n) is 15.6. The monoisotopic (exact) mass is 439 g/mol. The molecule has 0 spiro atoms. The van der Waals surface area contributed by atoms with E-state index in [0.29, 0.717) is 38.5 Å². The third kappa shape index (κ3) is 4.46. The van der Waals surface area contributed by atoms with Crippen molar-refractivity contribution in [1.29, 1.82) is 0 Å². The summed E-state index contributed by atoms with van der Waals surface area (Å²) in [4.78, 5) is 21.5. The summed E-state index contributed by atoms with van der Waals surface area (Å²) in [5.41, 5.74) is 0.564. The molecule has 8 heteroatoms. The second-order valence-electron chi connectivity index (χ2n) is 6.19. The molecule has 0 aliphatic heterocycles. The number of carbonyl (C=O) groups excluding carboxylic acids is 1. The number of fused-ring (bicyclic) bond motifs is 1. The highest BCUT2D eigenvalue weighted by Crippen LogP contribution is 2.32. The Bertz CT molecular complexity index is 991. The molecular formula is C20H20Cl2FN3OS. The number of thiazole rings is 1. The lowest BCUT2D eigenvalue weighted by Crippen LogP contribution is -2.39. The van der Waals surface area contributed by atoms with Crippen LogP contribution in [-0.4, -0.2) is 42.0 Å². The normalized spacial score (nSPS) is 11.4. The second-order valence-corrected chi connectivity index (χ2v) is 8.04. The highest BCUT2D eigenvalue weighted by atomic mass is 35.5. The molecule has 0 saturated carbocycles. The summed E-state index contributed by atoms with van der Waals surface area (Å²) in [6.07, 6.45) is 0. The molecule has 0 fully saturated rings. The van der Waals surface area contributed by atoms with Crippen LogP contribution in [0.15, 0.2) is 36.4 Å². The third-order valence-corrected chi connectivity index (χ3v) is 6.14. The van der Waals surface area contributed by atoms with Crippen molar-refractivity contribution in [2.75, 3.05) is 31.1 Å². The molecule has 3 aromatic rings. The summed E-state index contributed by atoms with van der Waals surface area (Å²) in [5, 5.41) is 1.18. The van der Waals surface area contributed by atoms with Gasteiger partial charge in [-0.15, -0.1) is 0 Å². The molecule has 1 heterocycles. The number of benzene rings is 2. The van der Waals surface area contributed by atoms with E-state index in [4.69, 9.17) is 23.2 Å². The Morgan fingerprint density at radius 1 is 1.14 bits per heavy atom. The predicted molar refractivity (Wildman–Crippen MR) is 116 cm³/mol. The van der Waals surface area contributed by atoms with Crippen LogP contribution >= 0.6 is 34.5 Å². The summed E-state index contributed by atoms with van der Waals surface area (Å²) in [6.45, 7) is 6.93. The van der Waals surface area contributed by atoms with Gasteiger partial charge in [-0.1, -0.05) is 54.5 Å². The van der Waals surface area contributed by atoms with Crippen molar-refractivity contribution in [3.05, 3.63) is 57.8 Å². The maximum Gasteiger partial charge on any atom is 0.261 e. The van der Waals surface area contributed by atoms with Crippen molar-refractivity contribution in [3.8, 4) is 0 Å². The molecule has 1 aromatic heterocycles. The Kier molecular flexibility index (Phi) is 6.88. The maximum atomic E-state index is 14.1. The van der Waals surface area contributed by atoms with Gasteiger partial charge in [0.15, 0.2) is 5.13 Å². The van der Waals surface area contributed by atoms with E-state index >= 15 is 0 Å². The molecule has 0 bridgehead atoms. The lowest BCUT2D eigenvalue weighted by Gasteiger charge is -2.25. The number of hydrogen-bond donors (Lipinski definition) is 0. The van der Waals surface area contributed by atoms with Crippen molar-refractivity contribution in [3.63, 3.8) is 0 Å². The van der Waals surface area contributed by atoms with Crippen LogP contribution < -0.4 is 4.90 Å². The molecule has 0 N–H and O–H groups in total. The van der Waals surface area contributed by atoms with Gasteiger partial charge in [-0.3, -0.25) is 9.69 Å². The average Bonchev–Trinajstić information content (AvgIpc) is 3.12. The Morgan fingerprint density at radius 3 is 2.57 bits per heavy atom. The highest BCUT2D eigenvalue weighted by Gasteiger charge is 2.24. The highest BCUT2D eigenvalue weighted by molar-refractivity contribution is 7.22. The van der Waals surface area contributed by atoms with Gasteiger partial charge in [0.05, 0.1) is 15.3 Å². The first kappa shape index (κ1) is 21.0. The third-order valence-electron chi connectivity index (χ3n) is 4.53. The minimum absolute atomic E-state index is 0.264. The number of rotatable bonds is 7. The van der Waals surface area contributed by atoms with Crippen molar-refractivity contribution in [1.82, 2.24) is 9.88 Å². The summed E-state index contributed by atoms with van der Waals surface area (Å²) in [6, 6.07) is 9.56. The number of nitrogens with zero attached hydrogens (tertiary/aromatic N) is 3. The fourth-order valence-corrected chi connectivity index (χ4v) is 4.27. The van der Waals surface area contributed by atoms with E-state index in [9.17, 15) is 9.18 Å². The van der Waals surface area contributed by atoms with Gasteiger partial charge in [-0.25, -0.2) is 9.37 Å². The largest absolute Gasteiger partial charge is 0.302 e. The zero-order valence-corrected chi connectivity index (χ0v) is 17.9. The van der Waals surface area contributed by atoms with E-state index < -0.39 is 5.82 Å². The fraction of sp³-hybridized carbons (Fsp3) is 0.300. The fourth-order valence-electron chi connectivity index (χ4n) is 2.89. The van der Waals surface area contributed by atoms with Crippen LogP contribution in [0.4, 0.5) is 9.52 Å². The van der Waals surface area contributed by atoms with Gasteiger partial charge >= 0.3 is 0 Å². The van der Waals surface area contributed by atoms with Gasteiger partial charge in [-0.05, 0) is 43.4 Å². The molecule has 3 rings (SSSR count). The number of aromatic nitrogens is 1. The molecule has 0 atom stereocenters. The molecule has 0 aliphatic rings. The second kappa shape index (κ2) is 9.18. The number of halogens is 3. The van der Waals surface area contributed by atoms with E-state index in [1.54, 1.807) is 35.2 Å². The summed E-state index contributed by atoms with van der Waals surface area (Å²) in [7, 11) is 0. The first-order valence-corrected chi connectivity index (χ1v) is 10.6. The number of amides is 1. The zero-order chi connectivity index (χ0) is 20.3. The van der Waals surface area contributed by atoms with Gasteiger partial charge in [0.1, 0.15) is 11.3 Å². The summed E-state index contributed by atoms with van der Waals surface area (Å²) >= 11 is 13.6. The van der Waals surface area contributed by atoms with Gasteiger partial charge in [0, 0.05) is 18.1 Å². The van der Waals surface area contributed by atoms with Crippen molar-refractivity contribution in [2.24, 2.45) is 0 Å². The molecular weight excluding hydrogens is 420 g/mol. The van der Waals surface area contributed by atoms with E-state index in [1.807, 2.05) is 0 Å². The van der Waals surface area contributed by atoms with Crippen LogP contribution in [0.5, 0.6) is 0 Å². The van der Waals surface area contributed by atoms with E-state index in [2.05, 4.69) is 23.7 Å². The molecule has 2 aromatic carbocycles. The molecule has 0 saturated heterocycles. The van der Waals surface area contributed by atoms with Crippen molar-refractivity contribution < 1.29 is 9.18 Å². The lowest BCUT2D eigenvalue weighted by molar-refractivity contribution is 0.0984. The predicted octanol–water partition coefficient (Wildman–Crippen LogP) is 5.73. The topological polar surface area (TPSA) is 36.4 Å². The summed E-state index contributed by atoms with van der Waals surface area (Å²) in [5.74, 6) is -0.712. The Balaban J connectivity index is 2.01. The smallest absolute Gasteiger partial charge is 0.261 e. The number of likely N-dealkylation sites (N-methyl/N-ethyl adjacent to an activating group) is 1. The van der Waals surface area contributed by atoms with Gasteiger partial charge in [0.25, 0.3) is 5.91 Å². The first-order valence-electron chi connectivity index (χ1n) is 8.98. The minimum Gasteiger partial charge on any atom is -0.302 e. The average molecular weight is 440 g/mol. The minimum atomic E-state index is -0.406. The van der Waals surface area contributed by atoms with Gasteiger partial charge in [-0.2, -0.15) is 0 Å². The van der Waals surface area contributed by atoms with Crippen LogP contribution in [0.3, 0.4) is 0 Å². The number of hydrogen-bond acceptors (Lipinski definition) is 4. The van der Waals surface area contributed by atoms with Crippen LogP contribution in [0.2, 0.25) is 10.0 Å². The van der Waals surface area contributed by atoms with Gasteiger partial charge < -0.3 is 4.90 Å². The molecule has 4 nitrogen and oxygen atoms in total. The lowest BCUT2D eigenvalue weighted by atomic mass is 10.2. The molecule has 0 aliphatic carbocycles. The molecule has 148 valence electrons. The Morgan fingerprint density at radius 2 is 1.89 bits per heavy atom. The van der Waals surface area contributed by atoms with Crippen molar-refractivity contribution >= 4 is 55.8 Å². The quantitative estimate of drug-likeness (QED) is 0.471. The SMILES string of the molecule is CCN(CC)CCN(C(=O)c1cc(Cl)ccc1Cl)c1nc2c(F)cccc2s1. The number of carbonyl (C=O) groups is 1. The molecule has 28 heavy (non-hydrogen) atoms. The van der Waals surface area contributed by atoms with Crippen LogP contribution in [0.1, 0.15) is 24.2 Å². The summed E-state index contributed by atoms with van der Waals surface area (Å²) < 4.78 is 14.8. The van der Waals surface area contributed by atoms with E-state index in [1.165, 1.54) is 17.4 Å².